The highest BCUT2D eigenvalue weighted by Crippen LogP contribution is 2.20. The van der Waals surface area contributed by atoms with E-state index in [4.69, 9.17) is 0 Å². The summed E-state index contributed by atoms with van der Waals surface area (Å²) in [7, 11) is 0.884. The van der Waals surface area contributed by atoms with Crippen LogP contribution in [0.2, 0.25) is 0 Å². The number of H-pyrrole nitrogens is 1. The summed E-state index contributed by atoms with van der Waals surface area (Å²) in [4.78, 5) is 19.8. The van der Waals surface area contributed by atoms with Crippen molar-refractivity contribution in [1.29, 1.82) is 0 Å². The zero-order chi connectivity index (χ0) is 18.0. The summed E-state index contributed by atoms with van der Waals surface area (Å²) >= 11 is 0. The lowest BCUT2D eigenvalue weighted by Gasteiger charge is -2.29. The van der Waals surface area contributed by atoms with Gasteiger partial charge in [0.05, 0.1) is 17.9 Å². The summed E-state index contributed by atoms with van der Waals surface area (Å²) in [6.45, 7) is 1.27. The zero-order valence-electron chi connectivity index (χ0n) is 14.7. The molecular formula is C18H25N3O3S. The van der Waals surface area contributed by atoms with Crippen LogP contribution in [0.25, 0.3) is 10.9 Å². The molecule has 1 N–H and O–H groups in total. The number of nitrogens with zero attached hydrogens (tertiary/aromatic N) is 2. The largest absolute Gasteiger partial charge is 0.361 e. The highest BCUT2D eigenvalue weighted by molar-refractivity contribution is 7.91. The average molecular weight is 363 g/mol. The van der Waals surface area contributed by atoms with Crippen molar-refractivity contribution >= 4 is 26.6 Å². The minimum absolute atomic E-state index is 0.00476. The number of amides is 1. The fourth-order valence-electron chi connectivity index (χ4n) is 3.32. The number of carbonyl (C=O) groups excluding carboxylic acids is 1. The summed E-state index contributed by atoms with van der Waals surface area (Å²) in [5, 5.41) is 1.11. The molecule has 0 bridgehead atoms. The third-order valence-corrected chi connectivity index (χ3v) is 6.48. The van der Waals surface area contributed by atoms with E-state index in [0.29, 0.717) is 19.4 Å². The van der Waals surface area contributed by atoms with Gasteiger partial charge in [-0.2, -0.15) is 0 Å². The van der Waals surface area contributed by atoms with Crippen LogP contribution in [0.15, 0.2) is 30.5 Å². The van der Waals surface area contributed by atoms with Gasteiger partial charge in [-0.15, -0.1) is 0 Å². The molecule has 0 spiro atoms. The molecule has 0 saturated carbocycles. The van der Waals surface area contributed by atoms with Gasteiger partial charge < -0.3 is 14.8 Å². The van der Waals surface area contributed by atoms with Crippen molar-refractivity contribution in [2.24, 2.45) is 0 Å². The van der Waals surface area contributed by atoms with E-state index in [0.717, 1.165) is 23.0 Å². The highest BCUT2D eigenvalue weighted by atomic mass is 32.2. The number of hydrogen-bond donors (Lipinski definition) is 1. The minimum atomic E-state index is -3.02. The molecule has 25 heavy (non-hydrogen) atoms. The van der Waals surface area contributed by atoms with Gasteiger partial charge in [-0.25, -0.2) is 8.42 Å². The van der Waals surface area contributed by atoms with Crippen LogP contribution in [0.4, 0.5) is 0 Å². The first-order chi connectivity index (χ1) is 11.8. The number of carbonyl (C=O) groups is 1. The number of nitrogens with one attached hydrogen (secondary N) is 1. The van der Waals surface area contributed by atoms with Crippen LogP contribution in [-0.2, 0) is 21.1 Å². The predicted molar refractivity (Wildman–Crippen MR) is 99.3 cm³/mol. The fraction of sp³-hybridized carbons (Fsp3) is 0.500. The molecule has 3 rings (SSSR count). The number of rotatable bonds is 6. The first-order valence-electron chi connectivity index (χ1n) is 8.55. The number of hydrogen-bond acceptors (Lipinski definition) is 4. The molecule has 136 valence electrons. The standard InChI is InChI=1S/C18H25N3O3S/c1-20(2)8-9-21(16-6-10-25(23,24)13-16)18(22)12-14-3-4-15-5-7-19-17(15)11-14/h3-5,7,11,16,19H,6,8-10,12-13H2,1-2H3. The summed E-state index contributed by atoms with van der Waals surface area (Å²) in [6, 6.07) is 7.74. The van der Waals surface area contributed by atoms with E-state index in [1.807, 2.05) is 49.5 Å². The zero-order valence-corrected chi connectivity index (χ0v) is 15.6. The van der Waals surface area contributed by atoms with E-state index in [-0.39, 0.29) is 23.5 Å². The number of aromatic nitrogens is 1. The second-order valence-corrected chi connectivity index (χ2v) is 9.25. The molecule has 0 aliphatic carbocycles. The molecule has 2 heterocycles. The quantitative estimate of drug-likeness (QED) is 0.839. The van der Waals surface area contributed by atoms with Crippen molar-refractivity contribution in [3.05, 3.63) is 36.0 Å². The maximum absolute atomic E-state index is 12.9. The SMILES string of the molecule is CN(C)CCN(C(=O)Cc1ccc2cc[nH]c2c1)C1CCS(=O)(=O)C1. The molecule has 1 amide bonds. The van der Waals surface area contributed by atoms with E-state index in [2.05, 4.69) is 4.98 Å². The lowest BCUT2D eigenvalue weighted by atomic mass is 10.1. The van der Waals surface area contributed by atoms with Gasteiger partial charge in [-0.3, -0.25) is 4.79 Å². The normalized spacial score (nSPS) is 19.6. The third-order valence-electron chi connectivity index (χ3n) is 4.73. The Bertz CT molecular complexity index is 857. The Morgan fingerprint density at radius 2 is 2.04 bits per heavy atom. The Morgan fingerprint density at radius 1 is 1.24 bits per heavy atom. The number of likely N-dealkylation sites (N-methyl/N-ethyl adjacent to an activating group) is 1. The van der Waals surface area contributed by atoms with Crippen molar-refractivity contribution in [3.63, 3.8) is 0 Å². The highest BCUT2D eigenvalue weighted by Gasteiger charge is 2.34. The summed E-state index contributed by atoms with van der Waals surface area (Å²) < 4.78 is 23.7. The van der Waals surface area contributed by atoms with Gasteiger partial charge in [0.15, 0.2) is 9.84 Å². The Kier molecular flexibility index (Phi) is 5.15. The summed E-state index contributed by atoms with van der Waals surface area (Å²) in [5.74, 6) is 0.259. The van der Waals surface area contributed by atoms with Gasteiger partial charge in [0.2, 0.25) is 5.91 Å². The second-order valence-electron chi connectivity index (χ2n) is 7.02. The Balaban J connectivity index is 1.75. The molecule has 1 aliphatic rings. The van der Waals surface area contributed by atoms with Crippen molar-refractivity contribution in [2.75, 3.05) is 38.7 Å². The van der Waals surface area contributed by atoms with Crippen LogP contribution in [0.1, 0.15) is 12.0 Å². The van der Waals surface area contributed by atoms with Crippen LogP contribution in [0, 0.1) is 0 Å². The molecule has 2 aromatic rings. The van der Waals surface area contributed by atoms with Gasteiger partial charge in [-0.05, 0) is 43.6 Å². The summed E-state index contributed by atoms with van der Waals surface area (Å²) in [6.07, 6.45) is 2.71. The number of benzene rings is 1. The fourth-order valence-corrected chi connectivity index (χ4v) is 5.05. The number of sulfone groups is 1. The van der Waals surface area contributed by atoms with E-state index >= 15 is 0 Å². The number of aromatic amines is 1. The molecule has 1 aliphatic heterocycles. The summed E-state index contributed by atoms with van der Waals surface area (Å²) in [5.41, 5.74) is 1.95. The lowest BCUT2D eigenvalue weighted by Crippen LogP contribution is -2.45. The molecule has 1 unspecified atom stereocenters. The Labute approximate surface area is 148 Å². The van der Waals surface area contributed by atoms with E-state index in [1.165, 1.54) is 0 Å². The van der Waals surface area contributed by atoms with Gasteiger partial charge >= 0.3 is 0 Å². The average Bonchev–Trinajstić information content (AvgIpc) is 3.13. The van der Waals surface area contributed by atoms with E-state index in [1.54, 1.807) is 4.90 Å². The second kappa shape index (κ2) is 7.17. The Hall–Kier alpha value is -1.86. The molecule has 0 radical (unpaired) electrons. The lowest BCUT2D eigenvalue weighted by molar-refractivity contribution is -0.132. The van der Waals surface area contributed by atoms with E-state index < -0.39 is 9.84 Å². The predicted octanol–water partition coefficient (Wildman–Crippen LogP) is 1.29. The molecule has 1 aromatic heterocycles. The van der Waals surface area contributed by atoms with Gasteiger partial charge in [0.1, 0.15) is 0 Å². The van der Waals surface area contributed by atoms with Crippen LogP contribution in [0.5, 0.6) is 0 Å². The molecular weight excluding hydrogens is 338 g/mol. The minimum Gasteiger partial charge on any atom is -0.361 e. The molecule has 6 nitrogen and oxygen atoms in total. The molecule has 1 fully saturated rings. The van der Waals surface area contributed by atoms with E-state index in [9.17, 15) is 13.2 Å². The van der Waals surface area contributed by atoms with Crippen LogP contribution < -0.4 is 0 Å². The van der Waals surface area contributed by atoms with Crippen molar-refractivity contribution in [3.8, 4) is 0 Å². The molecule has 7 heteroatoms. The molecule has 1 atom stereocenters. The van der Waals surface area contributed by atoms with Crippen LogP contribution >= 0.6 is 0 Å². The van der Waals surface area contributed by atoms with Gasteiger partial charge in [-0.1, -0.05) is 12.1 Å². The smallest absolute Gasteiger partial charge is 0.227 e. The maximum Gasteiger partial charge on any atom is 0.227 e. The van der Waals surface area contributed by atoms with Crippen molar-refractivity contribution in [2.45, 2.75) is 18.9 Å². The van der Waals surface area contributed by atoms with Crippen molar-refractivity contribution in [1.82, 2.24) is 14.8 Å². The monoisotopic (exact) mass is 363 g/mol. The maximum atomic E-state index is 12.9. The first-order valence-corrected chi connectivity index (χ1v) is 10.4. The number of fused-ring (bicyclic) bond motifs is 1. The Morgan fingerprint density at radius 3 is 2.72 bits per heavy atom. The van der Waals surface area contributed by atoms with Crippen molar-refractivity contribution < 1.29 is 13.2 Å². The van der Waals surface area contributed by atoms with Crippen LogP contribution in [0.3, 0.4) is 0 Å². The molecule has 1 saturated heterocycles. The van der Waals surface area contributed by atoms with Gasteiger partial charge in [0, 0.05) is 30.8 Å². The first kappa shape index (κ1) is 17.9. The molecule has 1 aromatic carbocycles. The third kappa shape index (κ3) is 4.41. The van der Waals surface area contributed by atoms with Gasteiger partial charge in [0.25, 0.3) is 0 Å². The van der Waals surface area contributed by atoms with Crippen LogP contribution in [-0.4, -0.2) is 73.8 Å². The topological polar surface area (TPSA) is 73.5 Å².